The third-order valence-electron chi connectivity index (χ3n) is 5.33. The van der Waals surface area contributed by atoms with Gasteiger partial charge in [0.2, 0.25) is 15.9 Å². The Balaban J connectivity index is 1.54. The van der Waals surface area contributed by atoms with Gasteiger partial charge in [-0.3, -0.25) is 9.59 Å². The van der Waals surface area contributed by atoms with Crippen LogP contribution in [0.4, 0.5) is 5.69 Å². The first-order valence-corrected chi connectivity index (χ1v) is 11.4. The molecule has 8 heteroatoms. The third-order valence-corrected chi connectivity index (χ3v) is 7.25. The number of carboxylic acid groups (broad SMARTS) is 1. The second-order valence-electron chi connectivity index (χ2n) is 7.57. The molecular weight excluding hydrogens is 404 g/mol. The van der Waals surface area contributed by atoms with Gasteiger partial charge in [-0.15, -0.1) is 0 Å². The van der Waals surface area contributed by atoms with Gasteiger partial charge in [0.25, 0.3) is 0 Å². The number of hydrogen-bond acceptors (Lipinski definition) is 4. The molecule has 30 heavy (non-hydrogen) atoms. The van der Waals surface area contributed by atoms with Crippen LogP contribution in [-0.4, -0.2) is 42.8 Å². The summed E-state index contributed by atoms with van der Waals surface area (Å²) in [5.74, 6) is -1.22. The maximum atomic E-state index is 12.8. The van der Waals surface area contributed by atoms with Gasteiger partial charge in [0.15, 0.2) is 0 Å². The molecule has 1 heterocycles. The minimum absolute atomic E-state index is 0.0653. The van der Waals surface area contributed by atoms with Gasteiger partial charge < -0.3 is 10.4 Å². The summed E-state index contributed by atoms with van der Waals surface area (Å²) in [6.45, 7) is 2.52. The average Bonchev–Trinajstić information content (AvgIpc) is 2.73. The van der Waals surface area contributed by atoms with E-state index in [1.807, 2.05) is 6.92 Å². The van der Waals surface area contributed by atoms with Crippen LogP contribution in [0.2, 0.25) is 0 Å². The predicted octanol–water partition coefficient (Wildman–Crippen LogP) is 3.05. The molecule has 2 aromatic rings. The Hall–Kier alpha value is -2.71. The fourth-order valence-corrected chi connectivity index (χ4v) is 4.94. The zero-order chi connectivity index (χ0) is 21.7. The van der Waals surface area contributed by atoms with Crippen LogP contribution in [0.1, 0.15) is 30.4 Å². The van der Waals surface area contributed by atoms with Crippen LogP contribution in [0.3, 0.4) is 0 Å². The first-order valence-electron chi connectivity index (χ1n) is 9.94. The smallest absolute Gasteiger partial charge is 0.303 e. The number of piperidine rings is 1. The number of aliphatic carboxylic acids is 1. The molecule has 0 radical (unpaired) electrons. The molecule has 2 aromatic carbocycles. The molecule has 3 rings (SSSR count). The van der Waals surface area contributed by atoms with Gasteiger partial charge in [0.1, 0.15) is 0 Å². The Labute approximate surface area is 176 Å². The molecule has 0 bridgehead atoms. The minimum Gasteiger partial charge on any atom is -0.481 e. The highest BCUT2D eigenvalue weighted by Gasteiger charge is 2.32. The van der Waals surface area contributed by atoms with Gasteiger partial charge in [-0.05, 0) is 56.0 Å². The predicted molar refractivity (Wildman–Crippen MR) is 114 cm³/mol. The molecule has 0 unspecified atom stereocenters. The number of sulfonamides is 1. The van der Waals surface area contributed by atoms with Crippen LogP contribution >= 0.6 is 0 Å². The van der Waals surface area contributed by atoms with Crippen LogP contribution in [0.5, 0.6) is 0 Å². The van der Waals surface area contributed by atoms with E-state index >= 15 is 0 Å². The fraction of sp³-hybridized carbons (Fsp3) is 0.364. The van der Waals surface area contributed by atoms with Crippen molar-refractivity contribution in [3.63, 3.8) is 0 Å². The Morgan fingerprint density at radius 1 is 1.03 bits per heavy atom. The first-order chi connectivity index (χ1) is 14.3. The summed E-state index contributed by atoms with van der Waals surface area (Å²) in [4.78, 5) is 23.5. The van der Waals surface area contributed by atoms with Gasteiger partial charge in [-0.25, -0.2) is 8.42 Å². The fourth-order valence-electron chi connectivity index (χ4n) is 3.47. The Kier molecular flexibility index (Phi) is 6.89. The lowest BCUT2D eigenvalue weighted by molar-refractivity contribution is -0.137. The van der Waals surface area contributed by atoms with Gasteiger partial charge in [0.05, 0.1) is 4.90 Å². The molecule has 0 spiro atoms. The largest absolute Gasteiger partial charge is 0.481 e. The quantitative estimate of drug-likeness (QED) is 0.703. The third kappa shape index (κ3) is 5.46. The Morgan fingerprint density at radius 2 is 1.63 bits per heavy atom. The SMILES string of the molecule is Cc1ccc(S(=O)(=O)N2CCC(C(=O)Nc3ccc(CCC(=O)O)cc3)CC2)cc1. The van der Waals surface area contributed by atoms with Crippen molar-refractivity contribution < 1.29 is 23.1 Å². The number of rotatable bonds is 7. The van der Waals surface area contributed by atoms with Crippen molar-refractivity contribution in [1.29, 1.82) is 0 Å². The molecule has 1 aliphatic rings. The number of carbonyl (C=O) groups excluding carboxylic acids is 1. The summed E-state index contributed by atoms with van der Waals surface area (Å²) in [7, 11) is -3.54. The van der Waals surface area contributed by atoms with Crippen molar-refractivity contribution in [1.82, 2.24) is 4.31 Å². The lowest BCUT2D eigenvalue weighted by atomic mass is 9.97. The highest BCUT2D eigenvalue weighted by Crippen LogP contribution is 2.25. The summed E-state index contributed by atoms with van der Waals surface area (Å²) < 4.78 is 27.0. The number of nitrogens with zero attached hydrogens (tertiary/aromatic N) is 1. The molecule has 0 aromatic heterocycles. The number of carboxylic acids is 1. The number of amides is 1. The van der Waals surface area contributed by atoms with Crippen molar-refractivity contribution in [3.05, 3.63) is 59.7 Å². The van der Waals surface area contributed by atoms with Crippen LogP contribution in [-0.2, 0) is 26.0 Å². The molecule has 0 aliphatic carbocycles. The van der Waals surface area contributed by atoms with E-state index in [1.54, 1.807) is 48.5 Å². The van der Waals surface area contributed by atoms with Crippen LogP contribution in [0.25, 0.3) is 0 Å². The molecule has 0 atom stereocenters. The molecular formula is C22H26N2O5S. The highest BCUT2D eigenvalue weighted by atomic mass is 32.2. The molecule has 160 valence electrons. The van der Waals surface area contributed by atoms with Gasteiger partial charge in [-0.1, -0.05) is 29.8 Å². The van der Waals surface area contributed by atoms with Crippen molar-refractivity contribution in [3.8, 4) is 0 Å². The van der Waals surface area contributed by atoms with E-state index in [4.69, 9.17) is 5.11 Å². The topological polar surface area (TPSA) is 104 Å². The molecule has 2 N–H and O–H groups in total. The molecule has 1 saturated heterocycles. The van der Waals surface area contributed by atoms with Crippen molar-refractivity contribution in [2.24, 2.45) is 5.92 Å². The van der Waals surface area contributed by atoms with Crippen molar-refractivity contribution in [2.45, 2.75) is 37.5 Å². The first kappa shape index (κ1) is 22.0. The second-order valence-corrected chi connectivity index (χ2v) is 9.51. The van der Waals surface area contributed by atoms with Gasteiger partial charge >= 0.3 is 5.97 Å². The van der Waals surface area contributed by atoms with E-state index < -0.39 is 16.0 Å². The number of hydrogen-bond donors (Lipinski definition) is 2. The van der Waals surface area contributed by atoms with Gasteiger partial charge in [0, 0.05) is 31.1 Å². The Bertz CT molecular complexity index is 993. The number of carbonyl (C=O) groups is 2. The molecule has 0 saturated carbocycles. The van der Waals surface area contributed by atoms with Crippen molar-refractivity contribution in [2.75, 3.05) is 18.4 Å². The number of aryl methyl sites for hydroxylation is 2. The Morgan fingerprint density at radius 3 is 2.20 bits per heavy atom. The molecule has 7 nitrogen and oxygen atoms in total. The normalized spacial score (nSPS) is 15.6. The van der Waals surface area contributed by atoms with E-state index in [2.05, 4.69) is 5.32 Å². The van der Waals surface area contributed by atoms with Crippen molar-refractivity contribution >= 4 is 27.6 Å². The van der Waals surface area contributed by atoms with Crippen LogP contribution < -0.4 is 5.32 Å². The zero-order valence-electron chi connectivity index (χ0n) is 16.9. The van der Waals surface area contributed by atoms with Gasteiger partial charge in [-0.2, -0.15) is 4.31 Å². The zero-order valence-corrected chi connectivity index (χ0v) is 17.7. The summed E-state index contributed by atoms with van der Waals surface area (Å²) in [6, 6.07) is 13.9. The number of nitrogens with one attached hydrogen (secondary N) is 1. The van der Waals surface area contributed by atoms with E-state index in [0.29, 0.717) is 38.0 Å². The average molecular weight is 431 g/mol. The standard InChI is InChI=1S/C22H26N2O5S/c1-16-2-9-20(10-3-16)30(28,29)24-14-12-18(13-15-24)22(27)23-19-7-4-17(5-8-19)6-11-21(25)26/h2-5,7-10,18H,6,11-15H2,1H3,(H,23,27)(H,25,26). The number of benzene rings is 2. The summed E-state index contributed by atoms with van der Waals surface area (Å²) in [6.07, 6.45) is 1.44. The lowest BCUT2D eigenvalue weighted by Gasteiger charge is -2.30. The summed E-state index contributed by atoms with van der Waals surface area (Å²) >= 11 is 0. The van der Waals surface area contributed by atoms with E-state index in [0.717, 1.165) is 11.1 Å². The maximum Gasteiger partial charge on any atom is 0.303 e. The molecule has 1 amide bonds. The lowest BCUT2D eigenvalue weighted by Crippen LogP contribution is -2.41. The van der Waals surface area contributed by atoms with E-state index in [9.17, 15) is 18.0 Å². The molecule has 1 aliphatic heterocycles. The van der Waals surface area contributed by atoms with Crippen LogP contribution in [0.15, 0.2) is 53.4 Å². The molecule has 1 fully saturated rings. The highest BCUT2D eigenvalue weighted by molar-refractivity contribution is 7.89. The van der Waals surface area contributed by atoms with Crippen LogP contribution in [0, 0.1) is 12.8 Å². The monoisotopic (exact) mass is 430 g/mol. The minimum atomic E-state index is -3.54. The van der Waals surface area contributed by atoms with E-state index in [1.165, 1.54) is 4.31 Å². The summed E-state index contributed by atoms with van der Waals surface area (Å²) in [5.41, 5.74) is 2.54. The second kappa shape index (κ2) is 9.40. The maximum absolute atomic E-state index is 12.8. The van der Waals surface area contributed by atoms with E-state index in [-0.39, 0.29) is 23.1 Å². The number of anilines is 1. The summed E-state index contributed by atoms with van der Waals surface area (Å²) in [5, 5.41) is 11.6.